The summed E-state index contributed by atoms with van der Waals surface area (Å²) in [6.07, 6.45) is -13.7. The maximum absolute atomic E-state index is 14.9. The van der Waals surface area contributed by atoms with E-state index in [9.17, 15) is 39.5 Å². The standard InChI is InChI=1S/C33H35F9/c1-7-18-13-25(23(11-5)28(14-18)32(37,38)39)26-17-29(33(40,41)42)30(24(12-6)22(26)10-4)27-16-20(31(34,35)36)15-19(8-2)21(27)9-3/h13-17H,7-12H2,1-6H3. The molecular formula is C33H35F9. The van der Waals surface area contributed by atoms with E-state index in [-0.39, 0.29) is 71.9 Å². The van der Waals surface area contributed by atoms with Crippen LogP contribution in [0.25, 0.3) is 22.3 Å². The Hall–Kier alpha value is -2.97. The summed E-state index contributed by atoms with van der Waals surface area (Å²) in [5.41, 5.74) is -1.95. The summed E-state index contributed by atoms with van der Waals surface area (Å²) < 4.78 is 129. The minimum atomic E-state index is -4.99. The fraction of sp³-hybridized carbons (Fsp3) is 0.455. The Bertz CT molecular complexity index is 1440. The van der Waals surface area contributed by atoms with Gasteiger partial charge in [-0.15, -0.1) is 0 Å². The van der Waals surface area contributed by atoms with Crippen LogP contribution < -0.4 is 0 Å². The maximum Gasteiger partial charge on any atom is 0.417 e. The third kappa shape index (κ3) is 6.35. The van der Waals surface area contributed by atoms with Crippen molar-refractivity contribution in [3.8, 4) is 22.3 Å². The molecule has 0 nitrogen and oxygen atoms in total. The zero-order valence-corrected chi connectivity index (χ0v) is 24.5. The lowest BCUT2D eigenvalue weighted by Crippen LogP contribution is -2.16. The number of hydrogen-bond acceptors (Lipinski definition) is 0. The van der Waals surface area contributed by atoms with Crippen molar-refractivity contribution >= 4 is 0 Å². The van der Waals surface area contributed by atoms with E-state index in [2.05, 4.69) is 0 Å². The van der Waals surface area contributed by atoms with Gasteiger partial charge in [-0.05, 0) is 118 Å². The fourth-order valence-electron chi connectivity index (χ4n) is 6.01. The molecule has 0 N–H and O–H groups in total. The summed E-state index contributed by atoms with van der Waals surface area (Å²) in [5, 5.41) is 0. The molecule has 0 spiro atoms. The average Bonchev–Trinajstić information content (AvgIpc) is 2.92. The Kier molecular flexibility index (Phi) is 9.84. The summed E-state index contributed by atoms with van der Waals surface area (Å²) in [5.74, 6) is 0. The van der Waals surface area contributed by atoms with Crippen molar-refractivity contribution in [1.29, 1.82) is 0 Å². The summed E-state index contributed by atoms with van der Waals surface area (Å²) in [4.78, 5) is 0. The van der Waals surface area contributed by atoms with Crippen LogP contribution in [0.3, 0.4) is 0 Å². The molecule has 0 aliphatic heterocycles. The zero-order valence-electron chi connectivity index (χ0n) is 24.5. The smallest absolute Gasteiger partial charge is 0.166 e. The van der Waals surface area contributed by atoms with Crippen LogP contribution in [0.5, 0.6) is 0 Å². The molecular weight excluding hydrogens is 567 g/mol. The van der Waals surface area contributed by atoms with Gasteiger partial charge in [0.05, 0.1) is 16.7 Å². The van der Waals surface area contributed by atoms with Crippen LogP contribution in [0, 0.1) is 0 Å². The van der Waals surface area contributed by atoms with Crippen LogP contribution in [-0.2, 0) is 57.1 Å². The molecule has 0 heterocycles. The summed E-state index contributed by atoms with van der Waals surface area (Å²) in [6.45, 7) is 9.83. The summed E-state index contributed by atoms with van der Waals surface area (Å²) in [6, 6.07) is 5.18. The monoisotopic (exact) mass is 602 g/mol. The van der Waals surface area contributed by atoms with E-state index in [0.29, 0.717) is 22.3 Å². The van der Waals surface area contributed by atoms with E-state index in [1.54, 1.807) is 34.6 Å². The van der Waals surface area contributed by atoms with Crippen molar-refractivity contribution in [3.05, 3.63) is 80.4 Å². The van der Waals surface area contributed by atoms with Gasteiger partial charge in [-0.25, -0.2) is 0 Å². The van der Waals surface area contributed by atoms with Gasteiger partial charge in [0, 0.05) is 0 Å². The second kappa shape index (κ2) is 12.3. The first-order chi connectivity index (χ1) is 19.5. The van der Waals surface area contributed by atoms with Gasteiger partial charge in [0.2, 0.25) is 0 Å². The van der Waals surface area contributed by atoms with Crippen LogP contribution in [-0.4, -0.2) is 0 Å². The largest absolute Gasteiger partial charge is 0.417 e. The highest BCUT2D eigenvalue weighted by Gasteiger charge is 2.40. The van der Waals surface area contributed by atoms with Gasteiger partial charge in [-0.3, -0.25) is 0 Å². The Morgan fingerprint density at radius 1 is 0.429 bits per heavy atom. The molecule has 0 aromatic heterocycles. The van der Waals surface area contributed by atoms with Gasteiger partial charge in [0.15, 0.2) is 0 Å². The Morgan fingerprint density at radius 3 is 1.38 bits per heavy atom. The van der Waals surface area contributed by atoms with Gasteiger partial charge in [0.25, 0.3) is 0 Å². The van der Waals surface area contributed by atoms with E-state index >= 15 is 0 Å². The van der Waals surface area contributed by atoms with Crippen molar-refractivity contribution in [2.24, 2.45) is 0 Å². The number of rotatable bonds is 8. The number of halogens is 9. The molecule has 230 valence electrons. The van der Waals surface area contributed by atoms with Crippen LogP contribution in [0.1, 0.15) is 91.6 Å². The molecule has 0 bridgehead atoms. The number of alkyl halides is 9. The molecule has 42 heavy (non-hydrogen) atoms. The van der Waals surface area contributed by atoms with Crippen molar-refractivity contribution in [1.82, 2.24) is 0 Å². The molecule has 0 aliphatic carbocycles. The third-order valence-electron chi connectivity index (χ3n) is 7.90. The Labute approximate surface area is 241 Å². The molecule has 0 unspecified atom stereocenters. The van der Waals surface area contributed by atoms with Gasteiger partial charge in [-0.1, -0.05) is 47.6 Å². The predicted molar refractivity (Wildman–Crippen MR) is 149 cm³/mol. The van der Waals surface area contributed by atoms with Crippen LogP contribution in [0.4, 0.5) is 39.5 Å². The lowest BCUT2D eigenvalue weighted by Gasteiger charge is -2.27. The molecule has 0 aliphatic rings. The molecule has 0 saturated carbocycles. The highest BCUT2D eigenvalue weighted by atomic mass is 19.4. The first kappa shape index (κ1) is 33.5. The minimum absolute atomic E-state index is 0.0313. The van der Waals surface area contributed by atoms with Crippen LogP contribution in [0.2, 0.25) is 0 Å². The first-order valence-electron chi connectivity index (χ1n) is 14.2. The SMILES string of the molecule is CCc1cc(-c2cc(C(F)(F)F)c(-c3cc(C(F)(F)F)cc(CC)c3CC)c(CC)c2CC)c(CC)c(C(F)(F)F)c1. The molecule has 0 fully saturated rings. The third-order valence-corrected chi connectivity index (χ3v) is 7.90. The molecule has 0 radical (unpaired) electrons. The first-order valence-corrected chi connectivity index (χ1v) is 14.2. The van der Waals surface area contributed by atoms with Gasteiger partial charge in [0.1, 0.15) is 0 Å². The van der Waals surface area contributed by atoms with Crippen LogP contribution in [0.15, 0.2) is 30.3 Å². The molecule has 9 heteroatoms. The Balaban J connectivity index is 2.65. The lowest BCUT2D eigenvalue weighted by molar-refractivity contribution is -0.139. The van der Waals surface area contributed by atoms with E-state index in [1.165, 1.54) is 13.0 Å². The van der Waals surface area contributed by atoms with E-state index in [4.69, 9.17) is 0 Å². The number of hydrogen-bond donors (Lipinski definition) is 0. The molecule has 0 amide bonds. The summed E-state index contributed by atoms with van der Waals surface area (Å²) in [7, 11) is 0. The zero-order chi connectivity index (χ0) is 31.8. The number of aryl methyl sites for hydroxylation is 2. The van der Waals surface area contributed by atoms with Crippen molar-refractivity contribution in [2.75, 3.05) is 0 Å². The minimum Gasteiger partial charge on any atom is -0.166 e. The predicted octanol–water partition coefficient (Wildman–Crippen LogP) is 11.5. The second-order valence-electron chi connectivity index (χ2n) is 10.2. The molecule has 0 atom stereocenters. The van der Waals surface area contributed by atoms with Crippen molar-refractivity contribution in [3.63, 3.8) is 0 Å². The number of benzene rings is 3. The second-order valence-corrected chi connectivity index (χ2v) is 10.2. The van der Waals surface area contributed by atoms with Crippen LogP contribution >= 0.6 is 0 Å². The van der Waals surface area contributed by atoms with Gasteiger partial charge in [-0.2, -0.15) is 39.5 Å². The van der Waals surface area contributed by atoms with Gasteiger partial charge < -0.3 is 0 Å². The highest BCUT2D eigenvalue weighted by molar-refractivity contribution is 5.84. The maximum atomic E-state index is 14.9. The molecule has 3 rings (SSSR count). The molecule has 3 aromatic rings. The normalized spacial score (nSPS) is 12.7. The van der Waals surface area contributed by atoms with Crippen molar-refractivity contribution in [2.45, 2.75) is 98.6 Å². The Morgan fingerprint density at radius 2 is 0.952 bits per heavy atom. The van der Waals surface area contributed by atoms with Crippen molar-refractivity contribution < 1.29 is 39.5 Å². The molecule has 3 aromatic carbocycles. The average molecular weight is 603 g/mol. The fourth-order valence-corrected chi connectivity index (χ4v) is 6.01. The quantitative estimate of drug-likeness (QED) is 0.225. The van der Waals surface area contributed by atoms with E-state index in [0.717, 1.165) is 24.3 Å². The van der Waals surface area contributed by atoms with Gasteiger partial charge >= 0.3 is 18.5 Å². The summed E-state index contributed by atoms with van der Waals surface area (Å²) >= 11 is 0. The van der Waals surface area contributed by atoms with E-state index in [1.807, 2.05) is 0 Å². The van der Waals surface area contributed by atoms with E-state index < -0.39 is 35.2 Å². The molecule has 0 saturated heterocycles. The lowest BCUT2D eigenvalue weighted by atomic mass is 9.79. The highest BCUT2D eigenvalue weighted by Crippen LogP contribution is 2.48. The topological polar surface area (TPSA) is 0 Å².